The molecule has 4 aromatic carbocycles. The second-order valence-electron chi connectivity index (χ2n) is 12.8. The highest BCUT2D eigenvalue weighted by atomic mass is 35.5. The van der Waals surface area contributed by atoms with Crippen molar-refractivity contribution in [1.82, 2.24) is 19.1 Å². The lowest BCUT2D eigenvalue weighted by atomic mass is 10.1. The van der Waals surface area contributed by atoms with E-state index in [4.69, 9.17) is 54.1 Å². The Labute approximate surface area is 344 Å². The van der Waals surface area contributed by atoms with Gasteiger partial charge >= 0.3 is 11.9 Å². The minimum absolute atomic E-state index is 0.0358. The van der Waals surface area contributed by atoms with Gasteiger partial charge in [0.15, 0.2) is 0 Å². The fourth-order valence-corrected chi connectivity index (χ4v) is 9.83. The molecule has 0 atom stereocenters. The van der Waals surface area contributed by atoms with Gasteiger partial charge in [-0.3, -0.25) is 9.59 Å². The lowest BCUT2D eigenvalue weighted by Crippen LogP contribution is -2.13. The number of nitrogens with zero attached hydrogens (tertiary/aromatic N) is 4. The first kappa shape index (κ1) is 38.9. The van der Waals surface area contributed by atoms with Crippen LogP contribution < -0.4 is 11.5 Å². The minimum Gasteiger partial charge on any atom is -0.462 e. The van der Waals surface area contributed by atoms with E-state index >= 15 is 8.78 Å². The smallest absolute Gasteiger partial charge is 0.349 e. The number of benzene rings is 4. The van der Waals surface area contributed by atoms with Crippen molar-refractivity contribution in [1.29, 1.82) is 0 Å². The molecule has 0 saturated carbocycles. The summed E-state index contributed by atoms with van der Waals surface area (Å²) in [4.78, 5) is 61.5. The van der Waals surface area contributed by atoms with Crippen LogP contribution in [0, 0.1) is 11.6 Å². The Balaban J connectivity index is 1.40. The highest BCUT2D eigenvalue weighted by molar-refractivity contribution is 7.22. The molecule has 8 aromatic rings. The molecule has 0 aliphatic rings. The second kappa shape index (κ2) is 15.1. The Morgan fingerprint density at radius 1 is 0.655 bits per heavy atom. The second-order valence-corrected chi connectivity index (χ2v) is 15.7. The van der Waals surface area contributed by atoms with Gasteiger partial charge in [-0.25, -0.2) is 28.3 Å². The number of amides is 2. The standard InChI is InChI=1S/C40H28Cl2F2N6O6S2/c1-3-55-39(53)33-29(27-19(41)7-9-21(43)31(27)57-33)37-47-23-15-17(35(45)51)5-11-25(23)49(37)13-14-50-26-12-6-18(36(46)52)16-24(26)48-38(50)30-28-20(42)8-10-22(44)32(28)58-34(30)40(54)56-4-2/h5-12,15-16H,3-4,13-14H2,1-2H3,(H2,45,51)(H2,46,52). The highest BCUT2D eigenvalue weighted by Gasteiger charge is 2.31. The number of fused-ring (bicyclic) bond motifs is 4. The summed E-state index contributed by atoms with van der Waals surface area (Å²) in [5.74, 6) is -3.68. The van der Waals surface area contributed by atoms with Crippen molar-refractivity contribution < 1.29 is 37.4 Å². The summed E-state index contributed by atoms with van der Waals surface area (Å²) in [7, 11) is 0. The Morgan fingerprint density at radius 2 is 1.05 bits per heavy atom. The van der Waals surface area contributed by atoms with Crippen LogP contribution in [0.3, 0.4) is 0 Å². The molecule has 4 N–H and O–H groups in total. The van der Waals surface area contributed by atoms with Crippen molar-refractivity contribution >= 4 is 112 Å². The predicted molar refractivity (Wildman–Crippen MR) is 220 cm³/mol. The number of imidazole rings is 2. The van der Waals surface area contributed by atoms with Gasteiger partial charge in [0, 0.05) is 35.0 Å². The maximum absolute atomic E-state index is 15.4. The van der Waals surface area contributed by atoms with Crippen molar-refractivity contribution in [2.24, 2.45) is 11.5 Å². The summed E-state index contributed by atoms with van der Waals surface area (Å²) in [5, 5.41) is 0.773. The highest BCUT2D eigenvalue weighted by Crippen LogP contribution is 2.46. The number of thiophene rings is 2. The fourth-order valence-electron chi connectivity index (χ4n) is 6.97. The van der Waals surface area contributed by atoms with Crippen molar-refractivity contribution in [3.05, 3.63) is 103 Å². The number of primary amides is 2. The monoisotopic (exact) mass is 860 g/mol. The number of nitrogens with two attached hydrogens (primary N) is 2. The molecule has 12 nitrogen and oxygen atoms in total. The summed E-state index contributed by atoms with van der Waals surface area (Å²) in [6, 6.07) is 14.5. The van der Waals surface area contributed by atoms with Gasteiger partial charge in [0.1, 0.15) is 33.0 Å². The first-order chi connectivity index (χ1) is 27.8. The van der Waals surface area contributed by atoms with Crippen LogP contribution in [0.15, 0.2) is 60.7 Å². The molecular formula is C40H28Cl2F2N6O6S2. The van der Waals surface area contributed by atoms with Crippen LogP contribution in [0.4, 0.5) is 8.78 Å². The van der Waals surface area contributed by atoms with Crippen LogP contribution in [0.1, 0.15) is 53.9 Å². The summed E-state index contributed by atoms with van der Waals surface area (Å²) in [5.41, 5.74) is 13.7. The van der Waals surface area contributed by atoms with Gasteiger partial charge in [-0.05, 0) is 74.5 Å². The Morgan fingerprint density at radius 3 is 1.41 bits per heavy atom. The number of hydrogen-bond acceptors (Lipinski definition) is 10. The molecule has 4 aromatic heterocycles. The average molecular weight is 862 g/mol. The topological polar surface area (TPSA) is 174 Å². The lowest BCUT2D eigenvalue weighted by Gasteiger charge is -2.15. The largest absolute Gasteiger partial charge is 0.462 e. The molecule has 18 heteroatoms. The Kier molecular flexibility index (Phi) is 10.1. The van der Waals surface area contributed by atoms with Gasteiger partial charge in [0.2, 0.25) is 11.8 Å². The SMILES string of the molecule is CCOC(=O)c1sc2c(F)ccc(Cl)c2c1-c1nc2cc(C(N)=O)ccc2n1CCn1c(-c2c(C(=O)OCC)sc3c(F)ccc(Cl)c23)nc2cc(C(N)=O)ccc21. The van der Waals surface area contributed by atoms with Gasteiger partial charge in [-0.1, -0.05) is 23.2 Å². The molecule has 8 rings (SSSR count). The third kappa shape index (κ3) is 6.41. The van der Waals surface area contributed by atoms with Crippen molar-refractivity contribution in [3.8, 4) is 22.8 Å². The Hall–Kier alpha value is -5.94. The molecule has 4 heterocycles. The first-order valence-corrected chi connectivity index (χ1v) is 20.0. The molecule has 0 fully saturated rings. The van der Waals surface area contributed by atoms with E-state index in [-0.39, 0.29) is 100 Å². The molecule has 0 radical (unpaired) electrons. The molecule has 0 aliphatic carbocycles. The quantitative estimate of drug-likeness (QED) is 0.121. The molecule has 0 spiro atoms. The van der Waals surface area contributed by atoms with Crippen LogP contribution in [0.25, 0.3) is 65.0 Å². The molecule has 294 valence electrons. The number of carbonyl (C=O) groups excluding carboxylic acids is 4. The third-order valence-corrected chi connectivity index (χ3v) is 12.4. The van der Waals surface area contributed by atoms with E-state index in [1.165, 1.54) is 48.5 Å². The number of ether oxygens (including phenoxy) is 2. The van der Waals surface area contributed by atoms with Crippen LogP contribution in [0.2, 0.25) is 10.0 Å². The zero-order valence-electron chi connectivity index (χ0n) is 30.3. The molecular weight excluding hydrogens is 834 g/mol. The van der Waals surface area contributed by atoms with Gasteiger partial charge in [-0.2, -0.15) is 0 Å². The van der Waals surface area contributed by atoms with Crippen molar-refractivity contribution in [2.45, 2.75) is 26.9 Å². The minimum atomic E-state index is -0.723. The number of aromatic nitrogens is 4. The van der Waals surface area contributed by atoms with E-state index < -0.39 is 35.4 Å². The van der Waals surface area contributed by atoms with E-state index in [1.54, 1.807) is 35.1 Å². The van der Waals surface area contributed by atoms with Crippen LogP contribution in [0.5, 0.6) is 0 Å². The summed E-state index contributed by atoms with van der Waals surface area (Å²) >= 11 is 15.2. The van der Waals surface area contributed by atoms with Gasteiger partial charge in [0.05, 0.1) is 65.9 Å². The zero-order chi connectivity index (χ0) is 41.2. The molecule has 2 amide bonds. The van der Waals surface area contributed by atoms with E-state index in [9.17, 15) is 19.2 Å². The van der Waals surface area contributed by atoms with E-state index in [1.807, 2.05) is 0 Å². The first-order valence-electron chi connectivity index (χ1n) is 17.6. The predicted octanol–water partition coefficient (Wildman–Crippen LogP) is 8.99. The van der Waals surface area contributed by atoms with Crippen molar-refractivity contribution in [2.75, 3.05) is 13.2 Å². The fraction of sp³-hybridized carbons (Fsp3) is 0.150. The van der Waals surface area contributed by atoms with Gasteiger partial charge in [0.25, 0.3) is 0 Å². The molecule has 0 aliphatic heterocycles. The zero-order valence-corrected chi connectivity index (χ0v) is 33.5. The van der Waals surface area contributed by atoms with Crippen LogP contribution in [-0.4, -0.2) is 56.1 Å². The van der Waals surface area contributed by atoms with Crippen molar-refractivity contribution in [3.63, 3.8) is 0 Å². The third-order valence-electron chi connectivity index (χ3n) is 9.46. The molecule has 0 saturated heterocycles. The maximum atomic E-state index is 15.4. The number of esters is 2. The normalized spacial score (nSPS) is 11.6. The molecule has 58 heavy (non-hydrogen) atoms. The number of carbonyl (C=O) groups is 4. The average Bonchev–Trinajstić information content (AvgIpc) is 3.97. The Bertz CT molecular complexity index is 2860. The lowest BCUT2D eigenvalue weighted by molar-refractivity contribution is 0.0523. The number of rotatable bonds is 11. The maximum Gasteiger partial charge on any atom is 0.349 e. The van der Waals surface area contributed by atoms with E-state index in [2.05, 4.69) is 0 Å². The molecule has 0 unspecified atom stereocenters. The summed E-state index contributed by atoms with van der Waals surface area (Å²) < 4.78 is 45.4. The van der Waals surface area contributed by atoms with Gasteiger partial charge < -0.3 is 30.1 Å². The van der Waals surface area contributed by atoms with Crippen LogP contribution in [-0.2, 0) is 22.6 Å². The van der Waals surface area contributed by atoms with Gasteiger partial charge in [-0.15, -0.1) is 22.7 Å². The number of halogens is 4. The summed E-state index contributed by atoms with van der Waals surface area (Å²) in [6.45, 7) is 3.47. The molecule has 0 bridgehead atoms. The number of hydrogen-bond donors (Lipinski definition) is 2. The van der Waals surface area contributed by atoms with E-state index in [0.29, 0.717) is 22.1 Å². The summed E-state index contributed by atoms with van der Waals surface area (Å²) in [6.07, 6.45) is 0. The number of aryl methyl sites for hydroxylation is 2. The van der Waals surface area contributed by atoms with Crippen LogP contribution >= 0.6 is 45.9 Å². The van der Waals surface area contributed by atoms with E-state index in [0.717, 1.165) is 22.7 Å².